The predicted octanol–water partition coefficient (Wildman–Crippen LogP) is 1.53. The minimum Gasteiger partial charge on any atom is -0.392 e. The van der Waals surface area contributed by atoms with Crippen molar-refractivity contribution in [3.63, 3.8) is 0 Å². The van der Waals surface area contributed by atoms with E-state index in [1.54, 1.807) is 0 Å². The number of aliphatic hydroxyl groups is 1. The van der Waals surface area contributed by atoms with E-state index in [-0.39, 0.29) is 29.8 Å². The lowest BCUT2D eigenvalue weighted by Gasteiger charge is -2.27. The van der Waals surface area contributed by atoms with E-state index < -0.39 is 6.10 Å². The largest absolute Gasteiger partial charge is 0.392 e. The lowest BCUT2D eigenvalue weighted by atomic mass is 9.84. The Hall–Kier alpha value is -1.10. The second-order valence-corrected chi connectivity index (χ2v) is 6.32. The first kappa shape index (κ1) is 18.0. The molecule has 0 aliphatic carbocycles. The SMILES string of the molecule is Cc1cccc(C(C)(C)CNC(=O)C2CC(O)CN2)c1.Cl. The monoisotopic (exact) mass is 312 g/mol. The van der Waals surface area contributed by atoms with Gasteiger partial charge in [0.05, 0.1) is 12.1 Å². The molecule has 1 aliphatic rings. The number of amides is 1. The van der Waals surface area contributed by atoms with E-state index in [4.69, 9.17) is 0 Å². The fraction of sp³-hybridized carbons (Fsp3) is 0.562. The van der Waals surface area contributed by atoms with Gasteiger partial charge < -0.3 is 15.7 Å². The molecule has 2 atom stereocenters. The first-order chi connectivity index (χ1) is 9.38. The van der Waals surface area contributed by atoms with Gasteiger partial charge in [0.1, 0.15) is 0 Å². The minimum atomic E-state index is -0.407. The summed E-state index contributed by atoms with van der Waals surface area (Å²) in [4.78, 5) is 12.1. The van der Waals surface area contributed by atoms with Crippen LogP contribution in [-0.4, -0.2) is 36.2 Å². The van der Waals surface area contributed by atoms with Crippen molar-refractivity contribution in [3.8, 4) is 0 Å². The summed E-state index contributed by atoms with van der Waals surface area (Å²) in [5.41, 5.74) is 2.33. The van der Waals surface area contributed by atoms with Crippen molar-refractivity contribution in [2.45, 2.75) is 44.8 Å². The number of benzene rings is 1. The maximum Gasteiger partial charge on any atom is 0.237 e. The van der Waals surface area contributed by atoms with Gasteiger partial charge >= 0.3 is 0 Å². The van der Waals surface area contributed by atoms with Crippen LogP contribution in [0.4, 0.5) is 0 Å². The number of aryl methyl sites for hydroxylation is 1. The molecule has 2 rings (SSSR count). The van der Waals surface area contributed by atoms with Crippen LogP contribution in [0.15, 0.2) is 24.3 Å². The standard InChI is InChI=1S/C16H24N2O2.ClH/c1-11-5-4-6-12(7-11)16(2,3)10-18-15(20)14-8-13(19)9-17-14;/h4-7,13-14,17,19H,8-10H2,1-3H3,(H,18,20);1H. The number of hydrogen-bond acceptors (Lipinski definition) is 3. The molecule has 1 fully saturated rings. The van der Waals surface area contributed by atoms with Crippen molar-refractivity contribution >= 4 is 18.3 Å². The van der Waals surface area contributed by atoms with Crippen LogP contribution in [-0.2, 0) is 10.2 Å². The van der Waals surface area contributed by atoms with Crippen LogP contribution in [0.1, 0.15) is 31.4 Å². The lowest BCUT2D eigenvalue weighted by molar-refractivity contribution is -0.123. The molecule has 5 heteroatoms. The summed E-state index contributed by atoms with van der Waals surface area (Å²) in [6.45, 7) is 7.41. The van der Waals surface area contributed by atoms with Gasteiger partial charge in [0, 0.05) is 18.5 Å². The zero-order valence-electron chi connectivity index (χ0n) is 12.8. The van der Waals surface area contributed by atoms with Gasteiger partial charge in [-0.15, -0.1) is 12.4 Å². The number of carbonyl (C=O) groups is 1. The van der Waals surface area contributed by atoms with Crippen molar-refractivity contribution in [2.75, 3.05) is 13.1 Å². The first-order valence-corrected chi connectivity index (χ1v) is 7.15. The zero-order chi connectivity index (χ0) is 14.8. The third-order valence-electron chi connectivity index (χ3n) is 3.93. The van der Waals surface area contributed by atoms with Crippen molar-refractivity contribution in [1.82, 2.24) is 10.6 Å². The number of nitrogens with one attached hydrogen (secondary N) is 2. The molecule has 1 heterocycles. The Morgan fingerprint density at radius 1 is 1.48 bits per heavy atom. The van der Waals surface area contributed by atoms with E-state index in [1.165, 1.54) is 11.1 Å². The van der Waals surface area contributed by atoms with Gasteiger partial charge in [-0.2, -0.15) is 0 Å². The Morgan fingerprint density at radius 2 is 2.19 bits per heavy atom. The summed E-state index contributed by atoms with van der Waals surface area (Å²) in [6.07, 6.45) is 0.0898. The van der Waals surface area contributed by atoms with Crippen molar-refractivity contribution in [1.29, 1.82) is 0 Å². The second-order valence-electron chi connectivity index (χ2n) is 6.32. The van der Waals surface area contributed by atoms with Crippen LogP contribution in [0.5, 0.6) is 0 Å². The van der Waals surface area contributed by atoms with Crippen LogP contribution >= 0.6 is 12.4 Å². The van der Waals surface area contributed by atoms with Crippen LogP contribution in [0.25, 0.3) is 0 Å². The summed E-state index contributed by atoms with van der Waals surface area (Å²) in [7, 11) is 0. The molecule has 2 unspecified atom stereocenters. The molecule has 1 amide bonds. The van der Waals surface area contributed by atoms with Gasteiger partial charge in [-0.25, -0.2) is 0 Å². The van der Waals surface area contributed by atoms with Crippen LogP contribution in [0.2, 0.25) is 0 Å². The maximum absolute atomic E-state index is 12.1. The first-order valence-electron chi connectivity index (χ1n) is 7.15. The molecular formula is C16H25ClN2O2. The highest BCUT2D eigenvalue weighted by Crippen LogP contribution is 2.23. The molecule has 3 N–H and O–H groups in total. The summed E-state index contributed by atoms with van der Waals surface area (Å²) < 4.78 is 0. The second kappa shape index (κ2) is 7.25. The molecule has 0 saturated carbocycles. The van der Waals surface area contributed by atoms with Crippen LogP contribution < -0.4 is 10.6 Å². The smallest absolute Gasteiger partial charge is 0.237 e. The van der Waals surface area contributed by atoms with E-state index in [9.17, 15) is 9.90 Å². The molecule has 118 valence electrons. The Labute approximate surface area is 132 Å². The van der Waals surface area contributed by atoms with Crippen molar-refractivity contribution in [2.24, 2.45) is 0 Å². The van der Waals surface area contributed by atoms with Crippen LogP contribution in [0.3, 0.4) is 0 Å². The quantitative estimate of drug-likeness (QED) is 0.790. The highest BCUT2D eigenvalue weighted by Gasteiger charge is 2.29. The van der Waals surface area contributed by atoms with Crippen LogP contribution in [0, 0.1) is 6.92 Å². The molecule has 1 aromatic carbocycles. The minimum absolute atomic E-state index is 0. The number of carbonyl (C=O) groups excluding carboxylic acids is 1. The number of hydrogen-bond donors (Lipinski definition) is 3. The molecule has 0 spiro atoms. The van der Waals surface area contributed by atoms with Gasteiger partial charge in [-0.05, 0) is 18.9 Å². The van der Waals surface area contributed by atoms with Gasteiger partial charge in [0.25, 0.3) is 0 Å². The Balaban J connectivity index is 0.00000220. The Bertz CT molecular complexity index is 491. The van der Waals surface area contributed by atoms with Crippen molar-refractivity contribution in [3.05, 3.63) is 35.4 Å². The molecule has 21 heavy (non-hydrogen) atoms. The topological polar surface area (TPSA) is 61.4 Å². The van der Waals surface area contributed by atoms with E-state index in [0.29, 0.717) is 19.5 Å². The lowest BCUT2D eigenvalue weighted by Crippen LogP contribution is -2.45. The van der Waals surface area contributed by atoms with Crippen molar-refractivity contribution < 1.29 is 9.90 Å². The molecule has 4 nitrogen and oxygen atoms in total. The third kappa shape index (κ3) is 4.70. The fourth-order valence-electron chi connectivity index (χ4n) is 2.52. The predicted molar refractivity (Wildman–Crippen MR) is 86.9 cm³/mol. The van der Waals surface area contributed by atoms with Gasteiger partial charge in [-0.3, -0.25) is 4.79 Å². The summed E-state index contributed by atoms with van der Waals surface area (Å²) in [5.74, 6) is -0.0257. The molecule has 0 radical (unpaired) electrons. The number of halogens is 1. The summed E-state index contributed by atoms with van der Waals surface area (Å²) in [6, 6.07) is 8.10. The van der Waals surface area contributed by atoms with Gasteiger partial charge in [-0.1, -0.05) is 43.7 Å². The summed E-state index contributed by atoms with van der Waals surface area (Å²) >= 11 is 0. The average molecular weight is 313 g/mol. The highest BCUT2D eigenvalue weighted by molar-refractivity contribution is 5.85. The molecule has 0 aromatic heterocycles. The molecule has 1 aliphatic heterocycles. The van der Waals surface area contributed by atoms with E-state index in [1.807, 2.05) is 6.07 Å². The maximum atomic E-state index is 12.1. The van der Waals surface area contributed by atoms with Gasteiger partial charge in [0.2, 0.25) is 5.91 Å². The fourth-order valence-corrected chi connectivity index (χ4v) is 2.52. The van der Waals surface area contributed by atoms with E-state index in [2.05, 4.69) is 49.6 Å². The summed E-state index contributed by atoms with van der Waals surface area (Å²) in [5, 5.41) is 15.5. The van der Waals surface area contributed by atoms with Gasteiger partial charge in [0.15, 0.2) is 0 Å². The van der Waals surface area contributed by atoms with E-state index >= 15 is 0 Å². The Morgan fingerprint density at radius 3 is 2.76 bits per heavy atom. The molecule has 0 bridgehead atoms. The number of β-amino-alcohol motifs (C(OH)–C–C–N with tert-alkyl or cyclic N) is 1. The molecular weight excluding hydrogens is 288 g/mol. The molecule has 1 saturated heterocycles. The number of aliphatic hydroxyl groups excluding tert-OH is 1. The Kier molecular flexibility index (Phi) is 6.20. The van der Waals surface area contributed by atoms with E-state index in [0.717, 1.165) is 0 Å². The third-order valence-corrected chi connectivity index (χ3v) is 3.93. The molecule has 1 aromatic rings. The number of rotatable bonds is 4. The average Bonchev–Trinajstić information content (AvgIpc) is 2.83. The normalized spacial score (nSPS) is 21.7. The highest BCUT2D eigenvalue weighted by atomic mass is 35.5. The zero-order valence-corrected chi connectivity index (χ0v) is 13.7.